The van der Waals surface area contributed by atoms with Crippen molar-refractivity contribution in [3.05, 3.63) is 288 Å². The summed E-state index contributed by atoms with van der Waals surface area (Å²) >= 11 is 0. The summed E-state index contributed by atoms with van der Waals surface area (Å²) in [5.74, 6) is 1.04. The lowest BCUT2D eigenvalue weighted by molar-refractivity contribution is 0.866. The first-order chi connectivity index (χ1) is 35.3. The van der Waals surface area contributed by atoms with E-state index >= 15 is 0 Å². The van der Waals surface area contributed by atoms with Crippen molar-refractivity contribution in [2.45, 2.75) is 39.5 Å². The van der Waals surface area contributed by atoms with E-state index in [4.69, 9.17) is 0 Å². The van der Waals surface area contributed by atoms with E-state index in [9.17, 15) is 0 Å². The Morgan fingerprint density at radius 3 is 0.639 bits per heavy atom. The zero-order valence-electron chi connectivity index (χ0n) is 41.6. The first-order valence-corrected chi connectivity index (χ1v) is 25.2. The van der Waals surface area contributed by atoms with Crippen LogP contribution in [0.5, 0.6) is 0 Å². The molecule has 72 heavy (non-hydrogen) atoms. The molecule has 0 amide bonds. The number of rotatable bonds is 15. The third-order valence-electron chi connectivity index (χ3n) is 13.5. The summed E-state index contributed by atoms with van der Waals surface area (Å²) in [5, 5.41) is 0. The highest BCUT2D eigenvalue weighted by Gasteiger charge is 2.16. The summed E-state index contributed by atoms with van der Waals surface area (Å²) in [4.78, 5) is 4.68. The van der Waals surface area contributed by atoms with Crippen LogP contribution >= 0.6 is 0 Å². The number of anilines is 6. The van der Waals surface area contributed by atoms with Crippen molar-refractivity contribution in [2.24, 2.45) is 0 Å². The summed E-state index contributed by atoms with van der Waals surface area (Å²) in [7, 11) is 0. The molecule has 10 rings (SSSR count). The van der Waals surface area contributed by atoms with Crippen LogP contribution in [0.1, 0.15) is 72.9 Å². The molecular formula is C70H60N2. The molecule has 10 aromatic carbocycles. The van der Waals surface area contributed by atoms with Gasteiger partial charge in [0, 0.05) is 34.1 Å². The quantitative estimate of drug-likeness (QED) is 0.0945. The van der Waals surface area contributed by atoms with Crippen molar-refractivity contribution in [3.63, 3.8) is 0 Å². The number of benzene rings is 10. The SMILES string of the molecule is CC(C)c1ccc(/C=C/c2ccc(N(c3ccc(-c4ccccc4)cc3)c3ccc(-c4ccc(N(c5ccc(/C=C/c6ccc(C(C)C)cc6)cc5)c5ccc(-c6ccccc6)cc5)cc4)cc3)cc2)cc1. The van der Waals surface area contributed by atoms with Gasteiger partial charge in [-0.1, -0.05) is 234 Å². The third kappa shape index (κ3) is 11.2. The second-order valence-corrected chi connectivity index (χ2v) is 19.1. The van der Waals surface area contributed by atoms with Crippen LogP contribution in [0.25, 0.3) is 57.7 Å². The van der Waals surface area contributed by atoms with Crippen LogP contribution in [-0.2, 0) is 0 Å². The van der Waals surface area contributed by atoms with Gasteiger partial charge in [0.05, 0.1) is 0 Å². The summed E-state index contributed by atoms with van der Waals surface area (Å²) in [5.41, 5.74) is 21.1. The highest BCUT2D eigenvalue weighted by molar-refractivity contribution is 5.83. The van der Waals surface area contributed by atoms with E-state index in [1.807, 2.05) is 0 Å². The van der Waals surface area contributed by atoms with E-state index in [1.165, 1.54) is 44.5 Å². The van der Waals surface area contributed by atoms with Gasteiger partial charge < -0.3 is 9.80 Å². The minimum absolute atomic E-state index is 0.520. The third-order valence-corrected chi connectivity index (χ3v) is 13.5. The van der Waals surface area contributed by atoms with E-state index in [0.29, 0.717) is 11.8 Å². The first kappa shape index (κ1) is 47.0. The molecule has 0 aromatic heterocycles. The van der Waals surface area contributed by atoms with Gasteiger partial charge in [-0.05, 0) is 151 Å². The summed E-state index contributed by atoms with van der Waals surface area (Å²) in [6.07, 6.45) is 8.76. The van der Waals surface area contributed by atoms with E-state index in [2.05, 4.69) is 317 Å². The predicted octanol–water partition coefficient (Wildman–Crippen LogP) is 20.2. The molecule has 0 spiro atoms. The molecule has 0 aliphatic carbocycles. The molecule has 0 saturated carbocycles. The molecule has 0 fully saturated rings. The van der Waals surface area contributed by atoms with Gasteiger partial charge in [-0.25, -0.2) is 0 Å². The molecule has 0 N–H and O–H groups in total. The van der Waals surface area contributed by atoms with Crippen LogP contribution < -0.4 is 9.80 Å². The summed E-state index contributed by atoms with van der Waals surface area (Å²) in [6, 6.07) is 92.2. The van der Waals surface area contributed by atoms with Crippen LogP contribution in [0.4, 0.5) is 34.1 Å². The molecule has 0 bridgehead atoms. The second-order valence-electron chi connectivity index (χ2n) is 19.1. The maximum atomic E-state index is 2.34. The molecular weight excluding hydrogens is 869 g/mol. The topological polar surface area (TPSA) is 6.48 Å². The monoisotopic (exact) mass is 928 g/mol. The Morgan fingerprint density at radius 2 is 0.417 bits per heavy atom. The van der Waals surface area contributed by atoms with Crippen LogP contribution in [0.15, 0.2) is 255 Å². The van der Waals surface area contributed by atoms with Crippen molar-refractivity contribution in [1.29, 1.82) is 0 Å². The molecule has 0 saturated heterocycles. The Hall–Kier alpha value is -8.72. The van der Waals surface area contributed by atoms with Crippen LogP contribution in [0, 0.1) is 0 Å². The Bertz CT molecular complexity index is 3120. The Balaban J connectivity index is 0.923. The smallest absolute Gasteiger partial charge is 0.0462 e. The lowest BCUT2D eigenvalue weighted by Crippen LogP contribution is -2.10. The summed E-state index contributed by atoms with van der Waals surface area (Å²) in [6.45, 7) is 8.93. The van der Waals surface area contributed by atoms with Gasteiger partial charge in [-0.15, -0.1) is 0 Å². The minimum atomic E-state index is 0.520. The van der Waals surface area contributed by atoms with Gasteiger partial charge in [0.1, 0.15) is 0 Å². The van der Waals surface area contributed by atoms with Crippen LogP contribution in [0.2, 0.25) is 0 Å². The largest absolute Gasteiger partial charge is 0.311 e. The van der Waals surface area contributed by atoms with Crippen molar-refractivity contribution in [1.82, 2.24) is 0 Å². The maximum Gasteiger partial charge on any atom is 0.0462 e. The van der Waals surface area contributed by atoms with E-state index in [0.717, 1.165) is 56.4 Å². The van der Waals surface area contributed by atoms with Crippen molar-refractivity contribution in [2.75, 3.05) is 9.80 Å². The average Bonchev–Trinajstić information content (AvgIpc) is 3.44. The fourth-order valence-corrected chi connectivity index (χ4v) is 9.21. The first-order valence-electron chi connectivity index (χ1n) is 25.2. The summed E-state index contributed by atoms with van der Waals surface area (Å²) < 4.78 is 0. The molecule has 10 aromatic rings. The second kappa shape index (κ2) is 21.9. The fourth-order valence-electron chi connectivity index (χ4n) is 9.21. The van der Waals surface area contributed by atoms with Gasteiger partial charge in [-0.2, -0.15) is 0 Å². The Kier molecular flexibility index (Phi) is 14.3. The standard InChI is InChI=1S/C70H60N2/c1-51(2)57-27-19-53(20-28-57)15-17-55-23-39-65(40-24-55)71(67-43-31-61(32-44-67)59-11-7-5-8-12-59)69-47-35-63(36-48-69)64-37-49-70(50-38-64)72(68-45-33-62(34-46-68)60-13-9-6-10-14-60)66-41-25-56(26-42-66)18-16-54-21-29-58(30-22-54)52(3)4/h5-52H,1-4H3/b17-15+,18-16+. The lowest BCUT2D eigenvalue weighted by atomic mass is 10.0. The van der Waals surface area contributed by atoms with Gasteiger partial charge in [0.15, 0.2) is 0 Å². The Morgan fingerprint density at radius 1 is 0.222 bits per heavy atom. The molecule has 0 unspecified atom stereocenters. The zero-order chi connectivity index (χ0) is 49.2. The van der Waals surface area contributed by atoms with Gasteiger partial charge >= 0.3 is 0 Å². The molecule has 0 aliphatic heterocycles. The van der Waals surface area contributed by atoms with Gasteiger partial charge in [-0.3, -0.25) is 0 Å². The number of hydrogen-bond donors (Lipinski definition) is 0. The number of nitrogens with zero attached hydrogens (tertiary/aromatic N) is 2. The van der Waals surface area contributed by atoms with Crippen molar-refractivity contribution in [3.8, 4) is 33.4 Å². The maximum absolute atomic E-state index is 2.34. The van der Waals surface area contributed by atoms with Gasteiger partial charge in [0.2, 0.25) is 0 Å². The van der Waals surface area contributed by atoms with E-state index in [-0.39, 0.29) is 0 Å². The Labute approximate surface area is 427 Å². The molecule has 2 nitrogen and oxygen atoms in total. The van der Waals surface area contributed by atoms with E-state index < -0.39 is 0 Å². The lowest BCUT2D eigenvalue weighted by Gasteiger charge is -2.26. The van der Waals surface area contributed by atoms with Gasteiger partial charge in [0.25, 0.3) is 0 Å². The van der Waals surface area contributed by atoms with E-state index in [1.54, 1.807) is 0 Å². The van der Waals surface area contributed by atoms with Crippen molar-refractivity contribution < 1.29 is 0 Å². The molecule has 0 heterocycles. The average molecular weight is 929 g/mol. The zero-order valence-corrected chi connectivity index (χ0v) is 41.6. The fraction of sp³-hybridized carbons (Fsp3) is 0.0857. The molecule has 2 heteroatoms. The molecule has 0 aliphatic rings. The predicted molar refractivity (Wildman–Crippen MR) is 311 cm³/mol. The highest BCUT2D eigenvalue weighted by atomic mass is 15.1. The molecule has 350 valence electrons. The number of hydrogen-bond acceptors (Lipinski definition) is 2. The van der Waals surface area contributed by atoms with Crippen LogP contribution in [0.3, 0.4) is 0 Å². The normalized spacial score (nSPS) is 11.5. The molecule has 0 radical (unpaired) electrons. The van der Waals surface area contributed by atoms with Crippen molar-refractivity contribution >= 4 is 58.4 Å². The highest BCUT2D eigenvalue weighted by Crippen LogP contribution is 2.40. The minimum Gasteiger partial charge on any atom is -0.311 e. The van der Waals surface area contributed by atoms with Crippen LogP contribution in [-0.4, -0.2) is 0 Å². The molecule has 0 atom stereocenters.